The van der Waals surface area contributed by atoms with Gasteiger partial charge < -0.3 is 5.73 Å². The van der Waals surface area contributed by atoms with Gasteiger partial charge in [-0.1, -0.05) is 12.1 Å². The molecule has 2 aromatic carbocycles. The van der Waals surface area contributed by atoms with Gasteiger partial charge in [-0.05, 0) is 51.8 Å². The molecule has 0 spiro atoms. The second-order valence-corrected chi connectivity index (χ2v) is 8.81. The summed E-state index contributed by atoms with van der Waals surface area (Å²) in [5.74, 6) is 0.309. The lowest BCUT2D eigenvalue weighted by atomic mass is 10.2. The van der Waals surface area contributed by atoms with Gasteiger partial charge in [0.1, 0.15) is 0 Å². The predicted octanol–water partition coefficient (Wildman–Crippen LogP) is 2.74. The van der Waals surface area contributed by atoms with Crippen LogP contribution in [0, 0.1) is 0 Å². The molecule has 0 aliphatic rings. The van der Waals surface area contributed by atoms with Crippen molar-refractivity contribution in [2.24, 2.45) is 0 Å². The Morgan fingerprint density at radius 3 is 2.33 bits per heavy atom. The molecule has 0 radical (unpaired) electrons. The van der Waals surface area contributed by atoms with Crippen molar-refractivity contribution < 1.29 is 12.6 Å². The van der Waals surface area contributed by atoms with Gasteiger partial charge in [0, 0.05) is 21.3 Å². The van der Waals surface area contributed by atoms with Crippen molar-refractivity contribution in [3.63, 3.8) is 0 Å². The molecule has 0 heterocycles. The summed E-state index contributed by atoms with van der Waals surface area (Å²) in [7, 11) is -4.51. The fraction of sp³-hybridized carbons (Fsp3) is 0.143. The maximum atomic E-state index is 12.3. The van der Waals surface area contributed by atoms with Crippen molar-refractivity contribution in [2.45, 2.75) is 15.5 Å². The highest BCUT2D eigenvalue weighted by molar-refractivity contribution is 9.10. The number of rotatable bonds is 4. The Balaban J connectivity index is 2.23. The molecule has 0 saturated heterocycles. The van der Waals surface area contributed by atoms with E-state index < -0.39 is 20.6 Å². The topological polar surface area (TPSA) is 77.2 Å². The smallest absolute Gasteiger partial charge is 0.175 e. The largest absolute Gasteiger partial charge is 0.398 e. The van der Waals surface area contributed by atoms with E-state index in [-0.39, 0.29) is 4.90 Å². The van der Waals surface area contributed by atoms with E-state index in [0.717, 1.165) is 16.3 Å². The summed E-state index contributed by atoms with van der Waals surface area (Å²) in [4.78, 5) is 0.796. The number of nitrogens with two attached hydrogens (primary N) is 1. The minimum atomic E-state index is -3.24. The van der Waals surface area contributed by atoms with Gasteiger partial charge in [0.2, 0.25) is 0 Å². The highest BCUT2D eigenvalue weighted by Crippen LogP contribution is 2.26. The van der Waals surface area contributed by atoms with Crippen molar-refractivity contribution >= 4 is 42.3 Å². The average Bonchev–Trinajstić information content (AvgIpc) is 2.43. The Bertz CT molecular complexity index is 786. The molecule has 0 bridgehead atoms. The summed E-state index contributed by atoms with van der Waals surface area (Å²) in [5.41, 5.74) is 7.23. The molecule has 0 fully saturated rings. The zero-order chi connectivity index (χ0) is 15.6. The van der Waals surface area contributed by atoms with Crippen LogP contribution in [0.3, 0.4) is 0 Å². The Morgan fingerprint density at radius 2 is 1.76 bits per heavy atom. The van der Waals surface area contributed by atoms with Crippen LogP contribution in [0.2, 0.25) is 0 Å². The molecule has 7 heteroatoms. The number of hydrogen-bond acceptors (Lipinski definition) is 4. The van der Waals surface area contributed by atoms with Crippen molar-refractivity contribution in [3.8, 4) is 0 Å². The molecule has 2 aromatic rings. The van der Waals surface area contributed by atoms with Gasteiger partial charge in [-0.2, -0.15) is 0 Å². The van der Waals surface area contributed by atoms with E-state index in [4.69, 9.17) is 5.73 Å². The second kappa shape index (κ2) is 6.29. The fourth-order valence-corrected chi connectivity index (χ4v) is 4.12. The molecule has 0 aliphatic carbocycles. The van der Waals surface area contributed by atoms with Crippen LogP contribution in [0.25, 0.3) is 0 Å². The first-order valence-electron chi connectivity index (χ1n) is 6.00. The van der Waals surface area contributed by atoms with Crippen LogP contribution in [-0.4, -0.2) is 18.9 Å². The summed E-state index contributed by atoms with van der Waals surface area (Å²) in [6.45, 7) is 0. The number of benzene rings is 2. The van der Waals surface area contributed by atoms with E-state index >= 15 is 0 Å². The lowest BCUT2D eigenvalue weighted by Gasteiger charge is -2.07. The van der Waals surface area contributed by atoms with Gasteiger partial charge >= 0.3 is 0 Å². The number of nitrogen functional groups attached to an aromatic ring is 1. The van der Waals surface area contributed by atoms with E-state index in [9.17, 15) is 12.6 Å². The Morgan fingerprint density at radius 1 is 1.14 bits per heavy atom. The van der Waals surface area contributed by atoms with Crippen LogP contribution in [0.1, 0.15) is 5.56 Å². The summed E-state index contributed by atoms with van der Waals surface area (Å²) in [5, 5.41) is 0. The third kappa shape index (κ3) is 3.93. The third-order valence-corrected chi connectivity index (χ3v) is 6.38. The Labute approximate surface area is 134 Å². The molecular formula is C14H14BrNO3S2. The first kappa shape index (κ1) is 16.2. The molecule has 0 aliphatic heterocycles. The summed E-state index contributed by atoms with van der Waals surface area (Å²) in [6, 6.07) is 11.5. The van der Waals surface area contributed by atoms with E-state index in [1.165, 1.54) is 12.1 Å². The molecule has 0 aromatic heterocycles. The van der Waals surface area contributed by atoms with Crippen molar-refractivity contribution in [1.29, 1.82) is 0 Å². The normalized spacial score (nSPS) is 13.0. The van der Waals surface area contributed by atoms with E-state index in [1.807, 2.05) is 6.07 Å². The summed E-state index contributed by atoms with van der Waals surface area (Å²) >= 11 is 3.38. The SMILES string of the molecule is CS(=O)(=O)c1ccc(S(=O)Cc2cccc(N)c2Br)cc1. The summed E-state index contributed by atoms with van der Waals surface area (Å²) < 4.78 is 35.9. The van der Waals surface area contributed by atoms with Crippen LogP contribution in [-0.2, 0) is 26.4 Å². The Kier molecular flexibility index (Phi) is 4.85. The number of anilines is 1. The predicted molar refractivity (Wildman–Crippen MR) is 88.2 cm³/mol. The lowest BCUT2D eigenvalue weighted by molar-refractivity contribution is 0.601. The van der Waals surface area contributed by atoms with Crippen LogP contribution < -0.4 is 5.73 Å². The highest BCUT2D eigenvalue weighted by atomic mass is 79.9. The monoisotopic (exact) mass is 387 g/mol. The second-order valence-electron chi connectivity index (χ2n) is 4.55. The average molecular weight is 388 g/mol. The van der Waals surface area contributed by atoms with Crippen LogP contribution in [0.5, 0.6) is 0 Å². The van der Waals surface area contributed by atoms with Crippen LogP contribution in [0.4, 0.5) is 5.69 Å². The molecule has 2 rings (SSSR count). The van der Waals surface area contributed by atoms with Crippen LogP contribution >= 0.6 is 15.9 Å². The number of sulfone groups is 1. The minimum absolute atomic E-state index is 0.216. The fourth-order valence-electron chi connectivity index (χ4n) is 1.77. The molecular weight excluding hydrogens is 374 g/mol. The molecule has 112 valence electrons. The van der Waals surface area contributed by atoms with Crippen LogP contribution in [0.15, 0.2) is 56.7 Å². The minimum Gasteiger partial charge on any atom is -0.398 e. The Hall–Kier alpha value is -1.18. The maximum Gasteiger partial charge on any atom is 0.175 e. The lowest BCUT2D eigenvalue weighted by Crippen LogP contribution is -2.01. The van der Waals surface area contributed by atoms with Crippen molar-refractivity contribution in [1.82, 2.24) is 0 Å². The molecule has 0 saturated carbocycles. The van der Waals surface area contributed by atoms with E-state index in [1.54, 1.807) is 24.3 Å². The first-order chi connectivity index (χ1) is 9.79. The van der Waals surface area contributed by atoms with Gasteiger partial charge in [-0.3, -0.25) is 4.21 Å². The number of hydrogen-bond donors (Lipinski definition) is 1. The van der Waals surface area contributed by atoms with E-state index in [2.05, 4.69) is 15.9 Å². The summed E-state index contributed by atoms with van der Waals surface area (Å²) in [6.07, 6.45) is 1.14. The standard InChI is InChI=1S/C14H14BrNO3S2/c1-21(18,19)12-7-5-11(6-8-12)20(17)9-10-3-2-4-13(16)14(10)15/h2-8H,9,16H2,1H3. The van der Waals surface area contributed by atoms with Gasteiger partial charge in [0.25, 0.3) is 0 Å². The third-order valence-electron chi connectivity index (χ3n) is 2.91. The molecule has 2 N–H and O–H groups in total. The van der Waals surface area contributed by atoms with Gasteiger partial charge in [0.05, 0.1) is 21.4 Å². The molecule has 0 amide bonds. The number of halogens is 1. The zero-order valence-corrected chi connectivity index (χ0v) is 14.5. The van der Waals surface area contributed by atoms with Gasteiger partial charge in [0.15, 0.2) is 9.84 Å². The molecule has 21 heavy (non-hydrogen) atoms. The first-order valence-corrected chi connectivity index (χ1v) is 10.0. The van der Waals surface area contributed by atoms with Gasteiger partial charge in [-0.25, -0.2) is 8.42 Å². The quantitative estimate of drug-likeness (QED) is 0.818. The van der Waals surface area contributed by atoms with Gasteiger partial charge in [-0.15, -0.1) is 0 Å². The highest BCUT2D eigenvalue weighted by Gasteiger charge is 2.11. The maximum absolute atomic E-state index is 12.3. The molecule has 1 unspecified atom stereocenters. The van der Waals surface area contributed by atoms with E-state index in [0.29, 0.717) is 16.3 Å². The molecule has 4 nitrogen and oxygen atoms in total. The van der Waals surface area contributed by atoms with Crippen molar-refractivity contribution in [3.05, 3.63) is 52.5 Å². The zero-order valence-electron chi connectivity index (χ0n) is 11.2. The van der Waals surface area contributed by atoms with Crippen molar-refractivity contribution in [2.75, 3.05) is 12.0 Å². The molecule has 1 atom stereocenters.